The Labute approximate surface area is 82.0 Å². The first kappa shape index (κ1) is 11.9. The number of hydrogen-bond donors (Lipinski definition) is 1. The van der Waals surface area contributed by atoms with Gasteiger partial charge < -0.3 is 10.1 Å². The molecule has 12 heavy (non-hydrogen) atoms. The summed E-state index contributed by atoms with van der Waals surface area (Å²) in [5, 5.41) is 3.59. The first-order valence-electron chi connectivity index (χ1n) is 4.08. The number of hydrogen-bond acceptors (Lipinski definition) is 2. The number of rotatable bonds is 6. The number of nitrogens with one attached hydrogen (secondary N) is 1. The number of carbonyl (C=O) groups excluding carboxylic acids is 1. The first-order valence-corrected chi connectivity index (χ1v) is 5.21. The molecule has 0 bridgehead atoms. The van der Waals surface area contributed by atoms with Crippen molar-refractivity contribution in [3.05, 3.63) is 0 Å². The van der Waals surface area contributed by atoms with E-state index in [1.807, 2.05) is 6.92 Å². The van der Waals surface area contributed by atoms with Crippen LogP contribution in [0.15, 0.2) is 0 Å². The number of alkyl halides is 1. The molecule has 0 aromatic carbocycles. The summed E-state index contributed by atoms with van der Waals surface area (Å²) < 4.78 is 4.93. The normalized spacial score (nSPS) is 12.6. The average Bonchev–Trinajstić information content (AvgIpc) is 2.04. The predicted octanol–water partition coefficient (Wildman–Crippen LogP) is 1.31. The SMILES string of the molecule is CCCC(=O)NC(CBr)COC. The van der Waals surface area contributed by atoms with Crippen LogP contribution in [0.1, 0.15) is 19.8 Å². The Balaban J connectivity index is 3.61. The van der Waals surface area contributed by atoms with Gasteiger partial charge in [0.2, 0.25) is 5.91 Å². The van der Waals surface area contributed by atoms with Gasteiger partial charge in [-0.05, 0) is 6.42 Å². The smallest absolute Gasteiger partial charge is 0.220 e. The molecule has 1 N–H and O–H groups in total. The minimum absolute atomic E-state index is 0.0917. The van der Waals surface area contributed by atoms with Crippen molar-refractivity contribution >= 4 is 21.8 Å². The summed E-state index contributed by atoms with van der Waals surface area (Å²) >= 11 is 3.30. The van der Waals surface area contributed by atoms with Crippen LogP contribution in [-0.2, 0) is 9.53 Å². The zero-order valence-corrected chi connectivity index (χ0v) is 9.19. The van der Waals surface area contributed by atoms with Gasteiger partial charge in [-0.2, -0.15) is 0 Å². The summed E-state index contributed by atoms with van der Waals surface area (Å²) in [5.74, 6) is 0.0963. The summed E-state index contributed by atoms with van der Waals surface area (Å²) in [4.78, 5) is 11.1. The minimum Gasteiger partial charge on any atom is -0.383 e. The molecule has 1 unspecified atom stereocenters. The molecule has 4 heteroatoms. The fraction of sp³-hybridized carbons (Fsp3) is 0.875. The van der Waals surface area contributed by atoms with Gasteiger partial charge in [-0.15, -0.1) is 0 Å². The molecular weight excluding hydrogens is 222 g/mol. The second-order valence-corrected chi connectivity index (χ2v) is 3.27. The van der Waals surface area contributed by atoms with Crippen molar-refractivity contribution < 1.29 is 9.53 Å². The van der Waals surface area contributed by atoms with Crippen LogP contribution in [0, 0.1) is 0 Å². The second-order valence-electron chi connectivity index (χ2n) is 2.62. The largest absolute Gasteiger partial charge is 0.383 e. The molecule has 0 fully saturated rings. The van der Waals surface area contributed by atoms with Crippen LogP contribution in [0.5, 0.6) is 0 Å². The molecule has 1 amide bonds. The highest BCUT2D eigenvalue weighted by molar-refractivity contribution is 9.09. The van der Waals surface area contributed by atoms with Crippen molar-refractivity contribution in [3.63, 3.8) is 0 Å². The molecular formula is C8H16BrNO2. The Morgan fingerprint density at radius 1 is 1.67 bits per heavy atom. The average molecular weight is 238 g/mol. The second kappa shape index (κ2) is 7.55. The Morgan fingerprint density at radius 3 is 2.75 bits per heavy atom. The molecule has 0 radical (unpaired) electrons. The van der Waals surface area contributed by atoms with E-state index < -0.39 is 0 Å². The van der Waals surface area contributed by atoms with E-state index in [1.165, 1.54) is 0 Å². The number of amides is 1. The Hall–Kier alpha value is -0.0900. The lowest BCUT2D eigenvalue weighted by molar-refractivity contribution is -0.122. The highest BCUT2D eigenvalue weighted by Gasteiger charge is 2.08. The van der Waals surface area contributed by atoms with Crippen molar-refractivity contribution in [2.75, 3.05) is 19.0 Å². The molecule has 0 saturated heterocycles. The summed E-state index contributed by atoms with van der Waals surface area (Å²) in [6, 6.07) is 0.0917. The number of ether oxygens (including phenoxy) is 1. The van der Waals surface area contributed by atoms with Gasteiger partial charge in [-0.25, -0.2) is 0 Å². The fourth-order valence-corrected chi connectivity index (χ4v) is 1.20. The molecule has 0 rings (SSSR count). The third kappa shape index (κ3) is 5.55. The quantitative estimate of drug-likeness (QED) is 0.708. The highest BCUT2D eigenvalue weighted by Crippen LogP contribution is 1.94. The molecule has 0 aliphatic carbocycles. The van der Waals surface area contributed by atoms with E-state index in [0.717, 1.165) is 11.8 Å². The Kier molecular flexibility index (Phi) is 7.50. The maximum absolute atomic E-state index is 11.1. The van der Waals surface area contributed by atoms with Gasteiger partial charge in [0.15, 0.2) is 0 Å². The van der Waals surface area contributed by atoms with Crippen LogP contribution < -0.4 is 5.32 Å². The molecule has 0 saturated carbocycles. The molecule has 0 aromatic rings. The highest BCUT2D eigenvalue weighted by atomic mass is 79.9. The van der Waals surface area contributed by atoms with Crippen molar-refractivity contribution in [2.45, 2.75) is 25.8 Å². The zero-order valence-electron chi connectivity index (χ0n) is 7.60. The van der Waals surface area contributed by atoms with Gasteiger partial charge >= 0.3 is 0 Å². The van der Waals surface area contributed by atoms with Gasteiger partial charge in [0.05, 0.1) is 12.6 Å². The summed E-state index contributed by atoms with van der Waals surface area (Å²) in [6.07, 6.45) is 1.47. The van der Waals surface area contributed by atoms with E-state index in [0.29, 0.717) is 13.0 Å². The van der Waals surface area contributed by atoms with Gasteiger partial charge in [-0.3, -0.25) is 4.79 Å². The third-order valence-electron chi connectivity index (χ3n) is 1.40. The van der Waals surface area contributed by atoms with E-state index in [2.05, 4.69) is 21.2 Å². The fourth-order valence-electron chi connectivity index (χ4n) is 0.853. The number of methoxy groups -OCH3 is 1. The van der Waals surface area contributed by atoms with Gasteiger partial charge in [0, 0.05) is 18.9 Å². The zero-order chi connectivity index (χ0) is 9.40. The lowest BCUT2D eigenvalue weighted by Gasteiger charge is -2.14. The van der Waals surface area contributed by atoms with Gasteiger partial charge in [0.25, 0.3) is 0 Å². The van der Waals surface area contributed by atoms with Crippen molar-refractivity contribution in [1.29, 1.82) is 0 Å². The van der Waals surface area contributed by atoms with E-state index in [4.69, 9.17) is 4.74 Å². The van der Waals surface area contributed by atoms with E-state index in [1.54, 1.807) is 7.11 Å². The monoisotopic (exact) mass is 237 g/mol. The summed E-state index contributed by atoms with van der Waals surface area (Å²) in [5.41, 5.74) is 0. The topological polar surface area (TPSA) is 38.3 Å². The molecule has 1 atom stereocenters. The van der Waals surface area contributed by atoms with Gasteiger partial charge in [-0.1, -0.05) is 22.9 Å². The van der Waals surface area contributed by atoms with E-state index in [-0.39, 0.29) is 11.9 Å². The molecule has 0 heterocycles. The lowest BCUT2D eigenvalue weighted by Crippen LogP contribution is -2.39. The molecule has 0 aliphatic heterocycles. The van der Waals surface area contributed by atoms with Crippen molar-refractivity contribution in [2.24, 2.45) is 0 Å². The predicted molar refractivity (Wildman–Crippen MR) is 52.5 cm³/mol. The summed E-state index contributed by atoms with van der Waals surface area (Å²) in [6.45, 7) is 2.54. The Bertz CT molecular complexity index is 130. The summed E-state index contributed by atoms with van der Waals surface area (Å²) in [7, 11) is 1.63. The molecule has 0 spiro atoms. The number of carbonyl (C=O) groups is 1. The molecule has 3 nitrogen and oxygen atoms in total. The van der Waals surface area contributed by atoms with Gasteiger partial charge in [0.1, 0.15) is 0 Å². The first-order chi connectivity index (χ1) is 5.74. The van der Waals surface area contributed by atoms with Crippen LogP contribution in [0.4, 0.5) is 0 Å². The Morgan fingerprint density at radius 2 is 2.33 bits per heavy atom. The molecule has 0 aliphatic rings. The molecule has 72 valence electrons. The van der Waals surface area contributed by atoms with Crippen molar-refractivity contribution in [1.82, 2.24) is 5.32 Å². The molecule has 0 aromatic heterocycles. The lowest BCUT2D eigenvalue weighted by atomic mass is 10.3. The maximum Gasteiger partial charge on any atom is 0.220 e. The van der Waals surface area contributed by atoms with Crippen LogP contribution in [0.25, 0.3) is 0 Å². The van der Waals surface area contributed by atoms with Crippen LogP contribution in [-0.4, -0.2) is 31.0 Å². The van der Waals surface area contributed by atoms with E-state index >= 15 is 0 Å². The van der Waals surface area contributed by atoms with Crippen LogP contribution in [0.3, 0.4) is 0 Å². The van der Waals surface area contributed by atoms with Crippen molar-refractivity contribution in [3.8, 4) is 0 Å². The number of halogens is 1. The maximum atomic E-state index is 11.1. The van der Waals surface area contributed by atoms with Crippen LogP contribution >= 0.6 is 15.9 Å². The standard InChI is InChI=1S/C8H16BrNO2/c1-3-4-8(11)10-7(5-9)6-12-2/h7H,3-6H2,1-2H3,(H,10,11). The van der Waals surface area contributed by atoms with E-state index in [9.17, 15) is 4.79 Å². The minimum atomic E-state index is 0.0917. The third-order valence-corrected chi connectivity index (χ3v) is 2.18. The van der Waals surface area contributed by atoms with Crippen LogP contribution in [0.2, 0.25) is 0 Å².